The summed E-state index contributed by atoms with van der Waals surface area (Å²) >= 11 is 18.6. The number of nitrogens with one attached hydrogen (secondary N) is 2. The number of fused-ring (bicyclic) bond motifs is 1. The maximum atomic E-state index is 11.4. The van der Waals surface area contributed by atoms with Gasteiger partial charge in [-0.15, -0.1) is 0 Å². The Hall–Kier alpha value is -1.16. The molecule has 1 aromatic rings. The van der Waals surface area contributed by atoms with Gasteiger partial charge in [0.1, 0.15) is 0 Å². The molecule has 6 heteroatoms. The fraction of sp³-hybridized carbons (Fsp3) is 0.154. The molecule has 0 spiro atoms. The molecule has 1 aromatic carbocycles. The standard InChI is InChI=1S/C13H9Cl3N2O/c14-8-2-6(1-7-3-11(19)18-13(7)8)12-9(15)4-17-5-10(12)16/h1-2,4,17H,3,5H2,(H,18,19). The quantitative estimate of drug-likeness (QED) is 0.833. The van der Waals surface area contributed by atoms with Crippen LogP contribution in [0.15, 0.2) is 28.4 Å². The Morgan fingerprint density at radius 3 is 2.68 bits per heavy atom. The van der Waals surface area contributed by atoms with Gasteiger partial charge in [-0.1, -0.05) is 34.8 Å². The normalized spacial score (nSPS) is 17.8. The van der Waals surface area contributed by atoms with E-state index in [0.717, 1.165) is 16.7 Å². The average Bonchev–Trinajstić information content (AvgIpc) is 2.70. The van der Waals surface area contributed by atoms with Gasteiger partial charge < -0.3 is 10.6 Å². The fourth-order valence-electron chi connectivity index (χ4n) is 2.26. The average molecular weight is 316 g/mol. The molecular formula is C13H9Cl3N2O. The second-order valence-electron chi connectivity index (χ2n) is 4.37. The Bertz CT molecular complexity index is 650. The molecule has 0 saturated carbocycles. The number of amides is 1. The summed E-state index contributed by atoms with van der Waals surface area (Å²) in [4.78, 5) is 11.4. The van der Waals surface area contributed by atoms with Gasteiger partial charge in [-0.2, -0.15) is 0 Å². The number of carbonyl (C=O) groups is 1. The van der Waals surface area contributed by atoms with Crippen molar-refractivity contribution in [3.63, 3.8) is 0 Å². The summed E-state index contributed by atoms with van der Waals surface area (Å²) < 4.78 is 0. The van der Waals surface area contributed by atoms with Gasteiger partial charge in [0.05, 0.1) is 28.7 Å². The molecule has 0 unspecified atom stereocenters. The maximum absolute atomic E-state index is 11.4. The van der Waals surface area contributed by atoms with Gasteiger partial charge >= 0.3 is 0 Å². The highest BCUT2D eigenvalue weighted by Crippen LogP contribution is 2.39. The molecule has 2 N–H and O–H groups in total. The van der Waals surface area contributed by atoms with Crippen molar-refractivity contribution in [1.82, 2.24) is 5.32 Å². The van der Waals surface area contributed by atoms with Crippen LogP contribution in [0, 0.1) is 0 Å². The summed E-state index contributed by atoms with van der Waals surface area (Å²) in [6.07, 6.45) is 2.03. The lowest BCUT2D eigenvalue weighted by Crippen LogP contribution is -2.14. The molecule has 0 atom stereocenters. The van der Waals surface area contributed by atoms with Crippen LogP contribution in [0.5, 0.6) is 0 Å². The van der Waals surface area contributed by atoms with Gasteiger partial charge in [-0.05, 0) is 23.3 Å². The number of rotatable bonds is 1. The van der Waals surface area contributed by atoms with E-state index in [-0.39, 0.29) is 5.91 Å². The minimum atomic E-state index is -0.0546. The summed E-state index contributed by atoms with van der Waals surface area (Å²) in [5, 5.41) is 7.37. The van der Waals surface area contributed by atoms with Crippen molar-refractivity contribution in [3.8, 4) is 0 Å². The highest BCUT2D eigenvalue weighted by Gasteiger charge is 2.23. The molecule has 0 radical (unpaired) electrons. The highest BCUT2D eigenvalue weighted by atomic mass is 35.5. The Balaban J connectivity index is 2.13. The lowest BCUT2D eigenvalue weighted by molar-refractivity contribution is -0.115. The molecule has 19 heavy (non-hydrogen) atoms. The van der Waals surface area contributed by atoms with Gasteiger partial charge in [0.2, 0.25) is 5.91 Å². The second-order valence-corrected chi connectivity index (χ2v) is 5.64. The third-order valence-corrected chi connectivity index (χ3v) is 3.99. The summed E-state index contributed by atoms with van der Waals surface area (Å²) in [6.45, 7) is 0.527. The smallest absolute Gasteiger partial charge is 0.228 e. The first-order chi connectivity index (χ1) is 9.06. The SMILES string of the molecule is O=C1Cc2cc(C3=C(Cl)CNC=C3Cl)cc(Cl)c2N1. The Morgan fingerprint density at radius 2 is 1.95 bits per heavy atom. The van der Waals surface area contributed by atoms with Crippen molar-refractivity contribution in [2.75, 3.05) is 11.9 Å². The van der Waals surface area contributed by atoms with Crippen molar-refractivity contribution in [1.29, 1.82) is 0 Å². The van der Waals surface area contributed by atoms with Crippen molar-refractivity contribution < 1.29 is 4.79 Å². The number of hydrogen-bond acceptors (Lipinski definition) is 2. The molecule has 2 heterocycles. The lowest BCUT2D eigenvalue weighted by atomic mass is 10.00. The van der Waals surface area contributed by atoms with Crippen LogP contribution >= 0.6 is 34.8 Å². The number of allylic oxidation sites excluding steroid dienone is 2. The minimum Gasteiger partial charge on any atom is -0.385 e. The zero-order valence-corrected chi connectivity index (χ0v) is 12.0. The van der Waals surface area contributed by atoms with Crippen LogP contribution in [0.2, 0.25) is 5.02 Å². The van der Waals surface area contributed by atoms with Crippen molar-refractivity contribution in [2.24, 2.45) is 0 Å². The van der Waals surface area contributed by atoms with E-state index in [9.17, 15) is 4.79 Å². The van der Waals surface area contributed by atoms with Crippen molar-refractivity contribution in [3.05, 3.63) is 44.5 Å². The lowest BCUT2D eigenvalue weighted by Gasteiger charge is -2.17. The summed E-state index contributed by atoms with van der Waals surface area (Å²) in [5.41, 5.74) is 3.13. The van der Waals surface area contributed by atoms with E-state index < -0.39 is 0 Å². The first-order valence-corrected chi connectivity index (χ1v) is 6.80. The van der Waals surface area contributed by atoms with E-state index in [2.05, 4.69) is 10.6 Å². The number of hydrogen-bond donors (Lipinski definition) is 2. The number of benzene rings is 1. The molecule has 2 aliphatic heterocycles. The van der Waals surface area contributed by atoms with Gasteiger partial charge in [0.15, 0.2) is 0 Å². The minimum absolute atomic E-state index is 0.0546. The molecule has 3 nitrogen and oxygen atoms in total. The monoisotopic (exact) mass is 314 g/mol. The van der Waals surface area contributed by atoms with Crippen LogP contribution < -0.4 is 10.6 Å². The largest absolute Gasteiger partial charge is 0.385 e. The number of anilines is 1. The van der Waals surface area contributed by atoms with E-state index in [1.165, 1.54) is 0 Å². The van der Waals surface area contributed by atoms with Crippen LogP contribution in [-0.2, 0) is 11.2 Å². The van der Waals surface area contributed by atoms with Crippen molar-refractivity contribution >= 4 is 52.0 Å². The van der Waals surface area contributed by atoms with Crippen LogP contribution in [0.3, 0.4) is 0 Å². The van der Waals surface area contributed by atoms with Gasteiger partial charge in [-0.25, -0.2) is 0 Å². The first-order valence-electron chi connectivity index (χ1n) is 5.67. The molecule has 0 aromatic heterocycles. The van der Waals surface area contributed by atoms with Crippen LogP contribution in [0.25, 0.3) is 5.57 Å². The third-order valence-electron chi connectivity index (χ3n) is 3.07. The zero-order valence-electron chi connectivity index (χ0n) is 9.69. The van der Waals surface area contributed by atoms with Gasteiger partial charge in [0.25, 0.3) is 0 Å². The predicted octanol–water partition coefficient (Wildman–Crippen LogP) is 3.47. The van der Waals surface area contributed by atoms with Gasteiger partial charge in [-0.3, -0.25) is 4.79 Å². The van der Waals surface area contributed by atoms with Crippen LogP contribution in [0.1, 0.15) is 11.1 Å². The molecule has 0 saturated heterocycles. The third kappa shape index (κ3) is 2.22. The molecule has 0 fully saturated rings. The Morgan fingerprint density at radius 1 is 1.16 bits per heavy atom. The van der Waals surface area contributed by atoms with E-state index in [1.54, 1.807) is 12.3 Å². The summed E-state index contributed by atoms with van der Waals surface area (Å²) in [5.74, 6) is -0.0546. The molecule has 1 amide bonds. The van der Waals surface area contributed by atoms with Crippen molar-refractivity contribution in [2.45, 2.75) is 6.42 Å². The number of dihydropyridines is 1. The van der Waals surface area contributed by atoms with Crippen LogP contribution in [0.4, 0.5) is 5.69 Å². The summed E-state index contributed by atoms with van der Waals surface area (Å²) in [7, 11) is 0. The van der Waals surface area contributed by atoms with E-state index in [4.69, 9.17) is 34.8 Å². The first kappa shape index (κ1) is 12.9. The molecular weight excluding hydrogens is 307 g/mol. The number of carbonyl (C=O) groups excluding carboxylic acids is 1. The van der Waals surface area contributed by atoms with Gasteiger partial charge in [0, 0.05) is 16.8 Å². The van der Waals surface area contributed by atoms with E-state index >= 15 is 0 Å². The summed E-state index contributed by atoms with van der Waals surface area (Å²) in [6, 6.07) is 3.67. The molecule has 2 aliphatic rings. The topological polar surface area (TPSA) is 41.1 Å². The second kappa shape index (κ2) is 4.75. The zero-order chi connectivity index (χ0) is 13.6. The fourth-order valence-corrected chi connectivity index (χ4v) is 3.18. The highest BCUT2D eigenvalue weighted by molar-refractivity contribution is 6.42. The molecule has 98 valence electrons. The maximum Gasteiger partial charge on any atom is 0.228 e. The van der Waals surface area contributed by atoms with E-state index in [0.29, 0.717) is 33.7 Å². The Labute approximate surface area is 125 Å². The Kier molecular flexibility index (Phi) is 3.21. The molecule has 3 rings (SSSR count). The number of halogens is 3. The molecule has 0 aliphatic carbocycles. The van der Waals surface area contributed by atoms with E-state index in [1.807, 2.05) is 6.07 Å². The van der Waals surface area contributed by atoms with Crippen LogP contribution in [-0.4, -0.2) is 12.5 Å². The molecule has 0 bridgehead atoms. The predicted molar refractivity (Wildman–Crippen MR) is 78.5 cm³/mol.